The summed E-state index contributed by atoms with van der Waals surface area (Å²) in [7, 11) is -3.02. The third kappa shape index (κ3) is 9.42. The van der Waals surface area contributed by atoms with Gasteiger partial charge in [-0.3, -0.25) is 0 Å². The van der Waals surface area contributed by atoms with Gasteiger partial charge in [0.2, 0.25) is 0 Å². The third-order valence-corrected chi connectivity index (χ3v) is 2.97. The van der Waals surface area contributed by atoms with Gasteiger partial charge in [-0.15, -0.1) is 12.4 Å². The number of hydrogen-bond acceptors (Lipinski definition) is 4. The fourth-order valence-corrected chi connectivity index (χ4v) is 1.81. The van der Waals surface area contributed by atoms with Crippen molar-refractivity contribution in [1.29, 1.82) is 0 Å². The second-order valence-corrected chi connectivity index (χ2v) is 4.55. The molecule has 0 atom stereocenters. The Balaban J connectivity index is 0. The fourth-order valence-electron chi connectivity index (χ4n) is 0.682. The summed E-state index contributed by atoms with van der Waals surface area (Å²) in [5, 5.41) is 3.22. The molecule has 0 fully saturated rings. The molecule has 0 spiro atoms. The Hall–Kier alpha value is -0.490. The van der Waals surface area contributed by atoms with E-state index >= 15 is 0 Å². The molecule has 2 N–H and O–H groups in total. The first-order valence-corrected chi connectivity index (χ1v) is 5.36. The monoisotopic (exact) mass is 228 g/mol. The van der Waals surface area contributed by atoms with Gasteiger partial charge >= 0.3 is 0 Å². The molecule has 0 aliphatic rings. The highest BCUT2D eigenvalue weighted by molar-refractivity contribution is 7.91. The summed E-state index contributed by atoms with van der Waals surface area (Å²) in [6, 6.07) is 0. The number of sulfone groups is 1. The maximum atomic E-state index is 11.0. The topological polar surface area (TPSA) is 109 Å². The van der Waals surface area contributed by atoms with E-state index in [0.29, 0.717) is 6.42 Å². The van der Waals surface area contributed by atoms with Crippen LogP contribution in [0.5, 0.6) is 0 Å². The average molecular weight is 229 g/mol. The molecule has 0 amide bonds. The highest BCUT2D eigenvalue weighted by Gasteiger charge is 2.07. The Labute approximate surface area is 83.5 Å². The van der Waals surface area contributed by atoms with Crippen molar-refractivity contribution in [3.05, 3.63) is 10.4 Å². The molecule has 0 aromatic carbocycles. The summed E-state index contributed by atoms with van der Waals surface area (Å²) < 4.78 is 22.0. The van der Waals surface area contributed by atoms with Crippen LogP contribution >= 0.6 is 12.4 Å². The first kappa shape index (κ1) is 15.0. The van der Waals surface area contributed by atoms with E-state index in [1.54, 1.807) is 0 Å². The minimum atomic E-state index is -3.02. The molecule has 0 rings (SSSR count). The standard InChI is InChI=1S/C5H12N4O2S.ClH/c6-2-5-12(10,11)4-1-3-8-9-7;/h1-6H2;1H. The molecule has 0 saturated heterocycles. The zero-order chi connectivity index (χ0) is 9.45. The second kappa shape index (κ2) is 8.12. The number of halogens is 1. The Bertz CT molecular complexity index is 260. The second-order valence-electron chi connectivity index (χ2n) is 2.25. The van der Waals surface area contributed by atoms with Crippen LogP contribution in [-0.4, -0.2) is 33.0 Å². The van der Waals surface area contributed by atoms with Gasteiger partial charge in [-0.2, -0.15) is 0 Å². The van der Waals surface area contributed by atoms with Crippen LogP contribution in [0, 0.1) is 0 Å². The summed E-state index contributed by atoms with van der Waals surface area (Å²) in [6.45, 7) is 0.365. The predicted octanol–water partition coefficient (Wildman–Crippen LogP) is 0.482. The quantitative estimate of drug-likeness (QED) is 0.309. The molecule has 0 aliphatic carbocycles. The zero-order valence-corrected chi connectivity index (χ0v) is 8.72. The summed E-state index contributed by atoms with van der Waals surface area (Å²) in [5.41, 5.74) is 13.0. The van der Waals surface area contributed by atoms with Gasteiger partial charge in [0.15, 0.2) is 9.84 Å². The van der Waals surface area contributed by atoms with Crippen molar-refractivity contribution in [3.8, 4) is 0 Å². The molecule has 0 aromatic rings. The van der Waals surface area contributed by atoms with Crippen LogP contribution < -0.4 is 5.73 Å². The van der Waals surface area contributed by atoms with E-state index < -0.39 is 9.84 Å². The molecule has 0 heterocycles. The lowest BCUT2D eigenvalue weighted by Gasteiger charge is -1.99. The third-order valence-electron chi connectivity index (χ3n) is 1.21. The van der Waals surface area contributed by atoms with Crippen LogP contribution in [-0.2, 0) is 9.84 Å². The van der Waals surface area contributed by atoms with E-state index in [2.05, 4.69) is 10.0 Å². The van der Waals surface area contributed by atoms with E-state index in [-0.39, 0.29) is 37.0 Å². The molecule has 78 valence electrons. The van der Waals surface area contributed by atoms with Crippen LogP contribution in [0.2, 0.25) is 0 Å². The average Bonchev–Trinajstić information content (AvgIpc) is 1.98. The van der Waals surface area contributed by atoms with E-state index in [1.165, 1.54) is 0 Å². The SMILES string of the molecule is Cl.[N-]=[N+]=NCCCS(=O)(=O)CCN. The van der Waals surface area contributed by atoms with Gasteiger partial charge in [0.1, 0.15) is 0 Å². The van der Waals surface area contributed by atoms with Gasteiger partial charge < -0.3 is 5.73 Å². The Morgan fingerprint density at radius 2 is 2.00 bits per heavy atom. The Kier molecular flexibility index (Phi) is 9.38. The molecular formula is C5H13ClN4O2S. The number of azide groups is 1. The minimum absolute atomic E-state index is 0. The van der Waals surface area contributed by atoms with Gasteiger partial charge in [-0.25, -0.2) is 8.42 Å². The highest BCUT2D eigenvalue weighted by atomic mass is 35.5. The highest BCUT2D eigenvalue weighted by Crippen LogP contribution is 1.93. The van der Waals surface area contributed by atoms with Gasteiger partial charge in [0, 0.05) is 18.0 Å². The van der Waals surface area contributed by atoms with Crippen molar-refractivity contribution >= 4 is 22.2 Å². The van der Waals surface area contributed by atoms with E-state index in [0.717, 1.165) is 0 Å². The van der Waals surface area contributed by atoms with Crippen LogP contribution in [0.1, 0.15) is 6.42 Å². The summed E-state index contributed by atoms with van der Waals surface area (Å²) >= 11 is 0. The number of rotatable bonds is 6. The maximum Gasteiger partial charge on any atom is 0.151 e. The number of nitrogens with two attached hydrogens (primary N) is 1. The van der Waals surface area contributed by atoms with Gasteiger partial charge in [0.25, 0.3) is 0 Å². The van der Waals surface area contributed by atoms with Crippen molar-refractivity contribution in [2.45, 2.75) is 6.42 Å². The van der Waals surface area contributed by atoms with Crippen LogP contribution in [0.25, 0.3) is 10.4 Å². The molecular weight excluding hydrogens is 216 g/mol. The van der Waals surface area contributed by atoms with E-state index in [9.17, 15) is 8.42 Å². The molecule has 0 saturated carbocycles. The molecule has 0 aliphatic heterocycles. The molecule has 6 nitrogen and oxygen atoms in total. The summed E-state index contributed by atoms with van der Waals surface area (Å²) in [4.78, 5) is 2.51. The van der Waals surface area contributed by atoms with Crippen LogP contribution in [0.15, 0.2) is 5.11 Å². The maximum absolute atomic E-state index is 11.0. The summed E-state index contributed by atoms with van der Waals surface area (Å²) in [5.74, 6) is 0.0481. The predicted molar refractivity (Wildman–Crippen MR) is 53.6 cm³/mol. The van der Waals surface area contributed by atoms with Crippen LogP contribution in [0.3, 0.4) is 0 Å². The lowest BCUT2D eigenvalue weighted by Crippen LogP contribution is -2.18. The summed E-state index contributed by atoms with van der Waals surface area (Å²) in [6.07, 6.45) is 0.367. The van der Waals surface area contributed by atoms with Crippen molar-refractivity contribution in [2.24, 2.45) is 10.8 Å². The molecule has 0 bridgehead atoms. The first-order chi connectivity index (χ1) is 5.62. The van der Waals surface area contributed by atoms with Crippen molar-refractivity contribution < 1.29 is 8.42 Å². The van der Waals surface area contributed by atoms with E-state index in [1.807, 2.05) is 0 Å². The smallest absolute Gasteiger partial charge is 0.151 e. The number of nitrogens with zero attached hydrogens (tertiary/aromatic N) is 3. The van der Waals surface area contributed by atoms with Crippen LogP contribution in [0.4, 0.5) is 0 Å². The van der Waals surface area contributed by atoms with Gasteiger partial charge in [-0.1, -0.05) is 5.11 Å². The van der Waals surface area contributed by atoms with Crippen molar-refractivity contribution in [2.75, 3.05) is 24.6 Å². The molecule has 0 unspecified atom stereocenters. The molecule has 0 radical (unpaired) electrons. The normalized spacial score (nSPS) is 9.92. The zero-order valence-electron chi connectivity index (χ0n) is 7.09. The van der Waals surface area contributed by atoms with E-state index in [4.69, 9.17) is 11.3 Å². The number of hydrogen-bond donors (Lipinski definition) is 1. The Morgan fingerprint density at radius 3 is 2.46 bits per heavy atom. The van der Waals surface area contributed by atoms with Gasteiger partial charge in [0.05, 0.1) is 11.5 Å². The molecule has 8 heteroatoms. The first-order valence-electron chi connectivity index (χ1n) is 3.54. The molecule has 13 heavy (non-hydrogen) atoms. The lowest BCUT2D eigenvalue weighted by molar-refractivity contribution is 0.593. The Morgan fingerprint density at radius 1 is 1.38 bits per heavy atom. The fraction of sp³-hybridized carbons (Fsp3) is 1.00. The van der Waals surface area contributed by atoms with Gasteiger partial charge in [-0.05, 0) is 12.0 Å². The lowest BCUT2D eigenvalue weighted by atomic mass is 10.5. The minimum Gasteiger partial charge on any atom is -0.329 e. The van der Waals surface area contributed by atoms with Crippen molar-refractivity contribution in [1.82, 2.24) is 0 Å². The van der Waals surface area contributed by atoms with Crippen molar-refractivity contribution in [3.63, 3.8) is 0 Å². The molecule has 0 aromatic heterocycles. The largest absolute Gasteiger partial charge is 0.329 e.